The molecule has 0 fully saturated rings. The number of hydrogen-bond donors (Lipinski definition) is 1. The second-order valence-corrected chi connectivity index (χ2v) is 7.56. The van der Waals surface area contributed by atoms with Crippen molar-refractivity contribution in [2.75, 3.05) is 6.26 Å². The van der Waals surface area contributed by atoms with Gasteiger partial charge >= 0.3 is 0 Å². The molecule has 2 aromatic heterocycles. The van der Waals surface area contributed by atoms with Gasteiger partial charge in [-0.3, -0.25) is 9.36 Å². The molecule has 0 atom stereocenters. The molecule has 4 aromatic rings. The summed E-state index contributed by atoms with van der Waals surface area (Å²) in [5.74, 6) is -6.66. The third-order valence-corrected chi connectivity index (χ3v) is 5.27. The first kappa shape index (κ1) is 22.5. The SMILES string of the molecule is C=C(O)c1cc2c(-c3ccc(F)cc3F)nc(SC)nc2n(-c2c(F)cc(F)cc2F)c1=O. The normalized spacial score (nSPS) is 11.2. The first-order valence-corrected chi connectivity index (χ1v) is 10.3. The molecule has 0 bridgehead atoms. The molecule has 2 heterocycles. The Kier molecular flexibility index (Phi) is 5.66. The molecule has 0 amide bonds. The maximum Gasteiger partial charge on any atom is 0.267 e. The van der Waals surface area contributed by atoms with E-state index in [1.54, 1.807) is 6.26 Å². The average molecular weight is 477 g/mol. The fraction of sp³-hybridized carbons (Fsp3) is 0.0455. The average Bonchev–Trinajstić information content (AvgIpc) is 2.73. The van der Waals surface area contributed by atoms with E-state index in [1.807, 2.05) is 0 Å². The minimum atomic E-state index is -1.42. The van der Waals surface area contributed by atoms with Gasteiger partial charge in [-0.1, -0.05) is 18.3 Å². The van der Waals surface area contributed by atoms with Crippen LogP contribution >= 0.6 is 11.8 Å². The van der Waals surface area contributed by atoms with Crippen molar-refractivity contribution in [3.63, 3.8) is 0 Å². The summed E-state index contributed by atoms with van der Waals surface area (Å²) in [5, 5.41) is 9.84. The van der Waals surface area contributed by atoms with Crippen LogP contribution in [0.15, 0.2) is 52.9 Å². The molecule has 0 spiro atoms. The van der Waals surface area contributed by atoms with Gasteiger partial charge in [-0.25, -0.2) is 31.9 Å². The van der Waals surface area contributed by atoms with E-state index in [0.717, 1.165) is 30.0 Å². The van der Waals surface area contributed by atoms with Crippen LogP contribution in [-0.2, 0) is 0 Å². The Bertz CT molecular complexity index is 1500. The molecule has 0 aliphatic heterocycles. The minimum absolute atomic E-state index is 0.00659. The van der Waals surface area contributed by atoms with Crippen molar-refractivity contribution in [3.8, 4) is 16.9 Å². The standard InChI is InChI=1S/C22H12F5N3O2S/c1-9(31)13-8-14-18(12-4-3-10(23)5-15(12)25)28-22(33-2)29-20(14)30(21(13)32)19-16(26)6-11(24)7-17(19)27/h3-8,31H,1H2,2H3. The van der Waals surface area contributed by atoms with E-state index >= 15 is 0 Å². The van der Waals surface area contributed by atoms with Gasteiger partial charge in [-0.15, -0.1) is 0 Å². The highest BCUT2D eigenvalue weighted by atomic mass is 32.2. The molecular formula is C22H12F5N3O2S. The van der Waals surface area contributed by atoms with E-state index in [9.17, 15) is 31.9 Å². The summed E-state index contributed by atoms with van der Waals surface area (Å²) < 4.78 is 71.4. The van der Waals surface area contributed by atoms with Crippen molar-refractivity contribution in [2.45, 2.75) is 5.16 Å². The van der Waals surface area contributed by atoms with Gasteiger partial charge < -0.3 is 5.11 Å². The topological polar surface area (TPSA) is 68.0 Å². The van der Waals surface area contributed by atoms with E-state index < -0.39 is 51.7 Å². The van der Waals surface area contributed by atoms with Crippen LogP contribution in [0.3, 0.4) is 0 Å². The summed E-state index contributed by atoms with van der Waals surface area (Å²) in [6, 6.07) is 4.51. The Morgan fingerprint density at radius 1 is 0.970 bits per heavy atom. The van der Waals surface area contributed by atoms with Crippen LogP contribution < -0.4 is 5.56 Å². The molecule has 11 heteroatoms. The van der Waals surface area contributed by atoms with Crippen LogP contribution in [0.4, 0.5) is 22.0 Å². The number of aromatic nitrogens is 3. The fourth-order valence-corrected chi connectivity index (χ4v) is 3.66. The molecule has 0 aliphatic carbocycles. The number of aliphatic hydroxyl groups excluding tert-OH is 1. The first-order valence-electron chi connectivity index (χ1n) is 9.12. The lowest BCUT2D eigenvalue weighted by Gasteiger charge is -2.16. The van der Waals surface area contributed by atoms with Gasteiger partial charge in [0.2, 0.25) is 0 Å². The van der Waals surface area contributed by atoms with Crippen LogP contribution in [0.2, 0.25) is 0 Å². The van der Waals surface area contributed by atoms with Crippen LogP contribution in [0.25, 0.3) is 33.7 Å². The molecule has 33 heavy (non-hydrogen) atoms. The van der Waals surface area contributed by atoms with Gasteiger partial charge in [0.25, 0.3) is 5.56 Å². The molecule has 0 radical (unpaired) electrons. The third-order valence-electron chi connectivity index (χ3n) is 4.72. The summed E-state index contributed by atoms with van der Waals surface area (Å²) in [4.78, 5) is 21.5. The van der Waals surface area contributed by atoms with Gasteiger partial charge in [-0.05, 0) is 24.5 Å². The quantitative estimate of drug-likeness (QED) is 0.185. The lowest BCUT2D eigenvalue weighted by Crippen LogP contribution is -2.25. The molecule has 4 rings (SSSR count). The van der Waals surface area contributed by atoms with Crippen LogP contribution in [0.1, 0.15) is 5.56 Å². The number of thioether (sulfide) groups is 1. The van der Waals surface area contributed by atoms with Gasteiger partial charge in [-0.2, -0.15) is 0 Å². The summed E-state index contributed by atoms with van der Waals surface area (Å²) in [7, 11) is 0. The monoisotopic (exact) mass is 477 g/mol. The molecular weight excluding hydrogens is 465 g/mol. The Labute approximate surface area is 186 Å². The van der Waals surface area contributed by atoms with E-state index in [0.29, 0.717) is 22.8 Å². The van der Waals surface area contributed by atoms with Crippen molar-refractivity contribution in [3.05, 3.63) is 88.0 Å². The summed E-state index contributed by atoms with van der Waals surface area (Å²) in [6.45, 7) is 3.28. The second-order valence-electron chi connectivity index (χ2n) is 6.78. The third kappa shape index (κ3) is 3.84. The molecule has 2 aromatic carbocycles. The lowest BCUT2D eigenvalue weighted by molar-refractivity contribution is 0.511. The molecule has 1 N–H and O–H groups in total. The Morgan fingerprint density at radius 3 is 2.18 bits per heavy atom. The minimum Gasteiger partial charge on any atom is -0.508 e. The molecule has 0 saturated carbocycles. The van der Waals surface area contributed by atoms with Crippen LogP contribution in [0.5, 0.6) is 0 Å². The highest BCUT2D eigenvalue weighted by molar-refractivity contribution is 7.98. The van der Waals surface area contributed by atoms with Gasteiger partial charge in [0.1, 0.15) is 28.9 Å². The highest BCUT2D eigenvalue weighted by Gasteiger charge is 2.24. The van der Waals surface area contributed by atoms with E-state index in [1.165, 1.54) is 0 Å². The lowest BCUT2D eigenvalue weighted by atomic mass is 10.0. The van der Waals surface area contributed by atoms with E-state index in [-0.39, 0.29) is 27.4 Å². The first-order chi connectivity index (χ1) is 15.6. The number of pyridine rings is 1. The number of fused-ring (bicyclic) bond motifs is 1. The van der Waals surface area contributed by atoms with Crippen molar-refractivity contribution < 1.29 is 27.1 Å². The zero-order chi connectivity index (χ0) is 24.0. The fourth-order valence-electron chi connectivity index (χ4n) is 3.30. The molecule has 5 nitrogen and oxygen atoms in total. The van der Waals surface area contributed by atoms with Crippen molar-refractivity contribution in [1.29, 1.82) is 0 Å². The Hall–Kier alpha value is -3.73. The number of benzene rings is 2. The summed E-state index contributed by atoms with van der Waals surface area (Å²) in [6.07, 6.45) is 1.57. The van der Waals surface area contributed by atoms with Crippen LogP contribution in [-0.4, -0.2) is 25.9 Å². The largest absolute Gasteiger partial charge is 0.508 e. The molecule has 0 unspecified atom stereocenters. The van der Waals surface area contributed by atoms with Gasteiger partial charge in [0.15, 0.2) is 22.4 Å². The molecule has 0 aliphatic rings. The molecule has 168 valence electrons. The van der Waals surface area contributed by atoms with E-state index in [4.69, 9.17) is 0 Å². The predicted octanol–water partition coefficient (Wildman–Crippen LogP) is 5.39. The van der Waals surface area contributed by atoms with Gasteiger partial charge in [0.05, 0.1) is 11.3 Å². The zero-order valence-corrected chi connectivity index (χ0v) is 17.5. The maximum absolute atomic E-state index is 14.7. The highest BCUT2D eigenvalue weighted by Crippen LogP contribution is 2.32. The zero-order valence-electron chi connectivity index (χ0n) is 16.7. The summed E-state index contributed by atoms with van der Waals surface area (Å²) in [5.41, 5.74) is -3.26. The smallest absolute Gasteiger partial charge is 0.267 e. The van der Waals surface area contributed by atoms with Crippen molar-refractivity contribution >= 4 is 28.6 Å². The maximum atomic E-state index is 14.7. The number of hydrogen-bond acceptors (Lipinski definition) is 5. The van der Waals surface area contributed by atoms with E-state index in [2.05, 4.69) is 16.5 Å². The Morgan fingerprint density at radius 2 is 1.61 bits per heavy atom. The number of nitrogens with zero attached hydrogens (tertiary/aromatic N) is 3. The number of halogens is 5. The predicted molar refractivity (Wildman–Crippen MR) is 114 cm³/mol. The summed E-state index contributed by atoms with van der Waals surface area (Å²) >= 11 is 0.984. The van der Waals surface area contributed by atoms with Gasteiger partial charge in [0, 0.05) is 29.1 Å². The number of rotatable bonds is 4. The second kappa shape index (κ2) is 8.32. The van der Waals surface area contributed by atoms with Crippen LogP contribution in [0, 0.1) is 29.1 Å². The molecule has 0 saturated heterocycles. The van der Waals surface area contributed by atoms with Crippen molar-refractivity contribution in [2.24, 2.45) is 0 Å². The number of aliphatic hydroxyl groups is 1. The van der Waals surface area contributed by atoms with Crippen molar-refractivity contribution in [1.82, 2.24) is 14.5 Å². The Balaban J connectivity index is 2.25.